The molecule has 0 saturated carbocycles. The third kappa shape index (κ3) is 1.66. The monoisotopic (exact) mass is 289 g/mol. The van der Waals surface area contributed by atoms with Gasteiger partial charge in [0.05, 0.1) is 0 Å². The minimum Gasteiger partial charge on any atom is -0.293 e. The van der Waals surface area contributed by atoms with Gasteiger partial charge in [0.1, 0.15) is 0 Å². The molecule has 2 unspecified atom stereocenters. The Balaban J connectivity index is 1.71. The van der Waals surface area contributed by atoms with E-state index < -0.39 is 0 Å². The molecule has 0 N–H and O–H groups in total. The van der Waals surface area contributed by atoms with Crippen LogP contribution in [0.2, 0.25) is 0 Å². The molecule has 0 amide bonds. The van der Waals surface area contributed by atoms with E-state index in [1.807, 2.05) is 11.3 Å². The van der Waals surface area contributed by atoms with Crippen molar-refractivity contribution in [3.63, 3.8) is 0 Å². The Morgan fingerprint density at radius 2 is 2.50 bits per heavy atom. The smallest absolute Gasteiger partial charge is 0.0343 e. The molecule has 76 valence electrons. The van der Waals surface area contributed by atoms with Crippen molar-refractivity contribution < 1.29 is 0 Å². The van der Waals surface area contributed by atoms with Crippen LogP contribution in [-0.4, -0.2) is 28.5 Å². The van der Waals surface area contributed by atoms with Crippen LogP contribution in [0, 0.1) is 0 Å². The molecule has 0 aliphatic carbocycles. The van der Waals surface area contributed by atoms with Gasteiger partial charge in [-0.3, -0.25) is 4.90 Å². The van der Waals surface area contributed by atoms with Gasteiger partial charge >= 0.3 is 0 Å². The first-order chi connectivity index (χ1) is 6.83. The molecule has 2 aliphatic heterocycles. The highest BCUT2D eigenvalue weighted by Gasteiger charge is 2.38. The first-order valence-corrected chi connectivity index (χ1v) is 7.62. The van der Waals surface area contributed by atoms with Gasteiger partial charge < -0.3 is 0 Å². The molecule has 2 aliphatic rings. The van der Waals surface area contributed by atoms with Gasteiger partial charge in [-0.1, -0.05) is 0 Å². The molecule has 1 aromatic heterocycles. The predicted molar refractivity (Wildman–Crippen MR) is 67.1 cm³/mol. The summed E-state index contributed by atoms with van der Waals surface area (Å²) in [4.78, 5) is 4.14. The molecule has 2 bridgehead atoms. The van der Waals surface area contributed by atoms with Gasteiger partial charge in [-0.15, -0.1) is 11.3 Å². The van der Waals surface area contributed by atoms with Gasteiger partial charge in [-0.25, -0.2) is 0 Å². The zero-order chi connectivity index (χ0) is 9.54. The normalized spacial score (nSPS) is 31.5. The molecule has 3 rings (SSSR count). The minimum absolute atomic E-state index is 0.860. The van der Waals surface area contributed by atoms with E-state index in [0.717, 1.165) is 17.8 Å². The standard InChI is InChI=1S/C10H12BrNS2/c11-9-1-2-13-10(9)5-12-4-8-3-7(12)6-14-8/h1-2,7-8H,3-6H2. The summed E-state index contributed by atoms with van der Waals surface area (Å²) in [5.74, 6) is 1.35. The van der Waals surface area contributed by atoms with Crippen LogP contribution in [0.1, 0.15) is 11.3 Å². The molecule has 0 radical (unpaired) electrons. The van der Waals surface area contributed by atoms with E-state index in [1.165, 1.54) is 28.1 Å². The van der Waals surface area contributed by atoms with E-state index in [2.05, 4.69) is 44.0 Å². The van der Waals surface area contributed by atoms with Crippen LogP contribution in [0.5, 0.6) is 0 Å². The van der Waals surface area contributed by atoms with Crippen molar-refractivity contribution in [2.24, 2.45) is 0 Å². The van der Waals surface area contributed by atoms with Gasteiger partial charge in [0.2, 0.25) is 0 Å². The van der Waals surface area contributed by atoms with Crippen LogP contribution >= 0.6 is 39.0 Å². The average molecular weight is 290 g/mol. The third-order valence-corrected chi connectivity index (χ3v) is 6.35. The maximum Gasteiger partial charge on any atom is 0.0343 e. The second-order valence-electron chi connectivity index (χ2n) is 3.97. The molecule has 2 saturated heterocycles. The summed E-state index contributed by atoms with van der Waals surface area (Å²) in [6.07, 6.45) is 1.42. The Labute approximate surface area is 101 Å². The number of hydrogen-bond donors (Lipinski definition) is 0. The van der Waals surface area contributed by atoms with E-state index >= 15 is 0 Å². The fourth-order valence-corrected chi connectivity index (χ4v) is 5.29. The van der Waals surface area contributed by atoms with Crippen molar-refractivity contribution in [1.29, 1.82) is 0 Å². The number of hydrogen-bond acceptors (Lipinski definition) is 3. The molecule has 14 heavy (non-hydrogen) atoms. The lowest BCUT2D eigenvalue weighted by atomic mass is 10.2. The Morgan fingerprint density at radius 1 is 1.57 bits per heavy atom. The molecule has 1 nitrogen and oxygen atoms in total. The molecule has 2 fully saturated rings. The summed E-state index contributed by atoms with van der Waals surface area (Å²) in [5, 5.41) is 3.10. The van der Waals surface area contributed by atoms with Gasteiger partial charge in [-0.2, -0.15) is 11.8 Å². The first-order valence-electron chi connectivity index (χ1n) is 4.90. The van der Waals surface area contributed by atoms with E-state index in [1.54, 1.807) is 0 Å². The van der Waals surface area contributed by atoms with Crippen molar-refractivity contribution in [2.45, 2.75) is 24.3 Å². The number of likely N-dealkylation sites (tertiary alicyclic amines) is 1. The zero-order valence-corrected chi connectivity index (χ0v) is 11.0. The van der Waals surface area contributed by atoms with E-state index in [-0.39, 0.29) is 0 Å². The summed E-state index contributed by atoms with van der Waals surface area (Å²) >= 11 is 7.64. The highest BCUT2D eigenvalue weighted by atomic mass is 79.9. The number of rotatable bonds is 2. The van der Waals surface area contributed by atoms with Crippen molar-refractivity contribution in [3.8, 4) is 0 Å². The summed E-state index contributed by atoms with van der Waals surface area (Å²) in [6.45, 7) is 2.46. The number of nitrogens with zero attached hydrogens (tertiary/aromatic N) is 1. The molecule has 2 atom stereocenters. The number of fused-ring (bicyclic) bond motifs is 2. The van der Waals surface area contributed by atoms with Crippen molar-refractivity contribution in [2.75, 3.05) is 12.3 Å². The van der Waals surface area contributed by atoms with Crippen molar-refractivity contribution >= 4 is 39.0 Å². The fourth-order valence-electron chi connectivity index (χ4n) is 2.30. The Kier molecular flexibility index (Phi) is 2.64. The average Bonchev–Trinajstić information content (AvgIpc) is 2.83. The Hall–Kier alpha value is 0.490. The minimum atomic E-state index is 0.860. The SMILES string of the molecule is Brc1ccsc1CN1CC2CC1CS2. The Bertz CT molecular complexity index is 339. The maximum absolute atomic E-state index is 3.61. The molecule has 0 aromatic carbocycles. The zero-order valence-electron chi connectivity index (χ0n) is 7.78. The first kappa shape index (κ1) is 9.70. The largest absolute Gasteiger partial charge is 0.293 e. The topological polar surface area (TPSA) is 3.24 Å². The molecule has 4 heteroatoms. The maximum atomic E-state index is 3.61. The van der Waals surface area contributed by atoms with Gasteiger partial charge in [0.15, 0.2) is 0 Å². The van der Waals surface area contributed by atoms with E-state index in [0.29, 0.717) is 0 Å². The van der Waals surface area contributed by atoms with Crippen LogP contribution < -0.4 is 0 Å². The predicted octanol–water partition coefficient (Wildman–Crippen LogP) is 3.20. The highest BCUT2D eigenvalue weighted by Crippen LogP contribution is 2.39. The number of thiophene rings is 1. The van der Waals surface area contributed by atoms with Gasteiger partial charge in [0.25, 0.3) is 0 Å². The second-order valence-corrected chi connectivity index (χ2v) is 7.15. The lowest BCUT2D eigenvalue weighted by Crippen LogP contribution is -2.33. The summed E-state index contributed by atoms with van der Waals surface area (Å²) in [7, 11) is 0. The summed E-state index contributed by atoms with van der Waals surface area (Å²) in [6, 6.07) is 3.02. The summed E-state index contributed by atoms with van der Waals surface area (Å²) in [5.41, 5.74) is 0. The third-order valence-electron chi connectivity index (χ3n) is 3.05. The molecule has 1 aromatic rings. The molecular formula is C10H12BrNS2. The second kappa shape index (κ2) is 3.81. The number of thioether (sulfide) groups is 1. The highest BCUT2D eigenvalue weighted by molar-refractivity contribution is 9.10. The fraction of sp³-hybridized carbons (Fsp3) is 0.600. The molecular weight excluding hydrogens is 278 g/mol. The lowest BCUT2D eigenvalue weighted by Gasteiger charge is -2.25. The van der Waals surface area contributed by atoms with Crippen LogP contribution in [0.25, 0.3) is 0 Å². The quantitative estimate of drug-likeness (QED) is 0.823. The Morgan fingerprint density at radius 3 is 3.07 bits per heavy atom. The van der Waals surface area contributed by atoms with Crippen LogP contribution in [-0.2, 0) is 6.54 Å². The lowest BCUT2D eigenvalue weighted by molar-refractivity contribution is 0.263. The van der Waals surface area contributed by atoms with Crippen LogP contribution in [0.4, 0.5) is 0 Å². The van der Waals surface area contributed by atoms with Crippen LogP contribution in [0.15, 0.2) is 15.9 Å². The van der Waals surface area contributed by atoms with Gasteiger partial charge in [0, 0.05) is 39.5 Å². The number of halogens is 1. The van der Waals surface area contributed by atoms with Crippen molar-refractivity contribution in [3.05, 3.63) is 20.8 Å². The van der Waals surface area contributed by atoms with E-state index in [9.17, 15) is 0 Å². The molecule has 0 spiro atoms. The van der Waals surface area contributed by atoms with E-state index in [4.69, 9.17) is 0 Å². The van der Waals surface area contributed by atoms with Gasteiger partial charge in [-0.05, 0) is 33.8 Å². The van der Waals surface area contributed by atoms with Crippen LogP contribution in [0.3, 0.4) is 0 Å². The molecule has 3 heterocycles. The summed E-state index contributed by atoms with van der Waals surface area (Å²) < 4.78 is 1.29. The van der Waals surface area contributed by atoms with Crippen molar-refractivity contribution in [1.82, 2.24) is 4.90 Å².